The first-order valence-corrected chi connectivity index (χ1v) is 13.3. The van der Waals surface area contributed by atoms with Crippen LogP contribution in [-0.4, -0.2) is 44.7 Å². The van der Waals surface area contributed by atoms with Gasteiger partial charge in [-0.1, -0.05) is 78.4 Å². The van der Waals surface area contributed by atoms with Crippen molar-refractivity contribution < 1.29 is 17.7 Å². The quantitative estimate of drug-likeness (QED) is 0.355. The van der Waals surface area contributed by atoms with E-state index in [4.69, 9.17) is 4.18 Å². The van der Waals surface area contributed by atoms with Gasteiger partial charge in [0.2, 0.25) is 0 Å². The second-order valence-electron chi connectivity index (χ2n) is 9.06. The summed E-state index contributed by atoms with van der Waals surface area (Å²) in [6.45, 7) is 4.56. The highest BCUT2D eigenvalue weighted by molar-refractivity contribution is 7.86. The topological polar surface area (TPSA) is 66.8 Å². The van der Waals surface area contributed by atoms with Crippen molar-refractivity contribution in [3.05, 3.63) is 102 Å². The SMILES string of the molecule is Cc1ccc(S(=O)(=O)OCCCN2CCC(C(O)(c3ccccc3)c3ccccc3)CC2)cc1. The molecule has 0 saturated carbocycles. The molecule has 0 aliphatic carbocycles. The van der Waals surface area contributed by atoms with Gasteiger partial charge in [-0.2, -0.15) is 8.42 Å². The Morgan fingerprint density at radius 1 is 0.882 bits per heavy atom. The van der Waals surface area contributed by atoms with Crippen LogP contribution in [0.25, 0.3) is 0 Å². The van der Waals surface area contributed by atoms with Crippen molar-refractivity contribution in [1.82, 2.24) is 4.90 Å². The third kappa shape index (κ3) is 5.58. The van der Waals surface area contributed by atoms with E-state index in [0.29, 0.717) is 6.42 Å². The highest BCUT2D eigenvalue weighted by Gasteiger charge is 2.41. The van der Waals surface area contributed by atoms with E-state index in [1.165, 1.54) is 0 Å². The lowest BCUT2D eigenvalue weighted by Crippen LogP contribution is -2.44. The Morgan fingerprint density at radius 3 is 1.94 bits per heavy atom. The molecule has 0 atom stereocenters. The number of hydrogen-bond donors (Lipinski definition) is 1. The fourth-order valence-electron chi connectivity index (χ4n) is 4.83. The van der Waals surface area contributed by atoms with Crippen molar-refractivity contribution in [2.24, 2.45) is 5.92 Å². The van der Waals surface area contributed by atoms with E-state index in [0.717, 1.165) is 49.2 Å². The molecule has 1 aliphatic heterocycles. The molecule has 0 amide bonds. The lowest BCUT2D eigenvalue weighted by atomic mass is 9.72. The molecule has 4 rings (SSSR count). The second kappa shape index (κ2) is 10.8. The number of benzene rings is 3. The summed E-state index contributed by atoms with van der Waals surface area (Å²) < 4.78 is 30.0. The van der Waals surface area contributed by atoms with Crippen molar-refractivity contribution in [3.8, 4) is 0 Å². The van der Waals surface area contributed by atoms with E-state index in [-0.39, 0.29) is 17.4 Å². The van der Waals surface area contributed by atoms with E-state index in [9.17, 15) is 13.5 Å². The van der Waals surface area contributed by atoms with Crippen LogP contribution in [0.1, 0.15) is 36.0 Å². The molecule has 3 aromatic carbocycles. The molecule has 1 fully saturated rings. The first-order valence-electron chi connectivity index (χ1n) is 11.9. The third-order valence-corrected chi connectivity index (χ3v) is 8.10. The lowest BCUT2D eigenvalue weighted by molar-refractivity contribution is -0.0146. The maximum atomic E-state index is 12.4. The number of likely N-dealkylation sites (tertiary alicyclic amines) is 1. The Balaban J connectivity index is 1.32. The van der Waals surface area contributed by atoms with Gasteiger partial charge in [-0.3, -0.25) is 4.18 Å². The van der Waals surface area contributed by atoms with Crippen LogP contribution in [0, 0.1) is 12.8 Å². The van der Waals surface area contributed by atoms with Crippen LogP contribution in [0.4, 0.5) is 0 Å². The van der Waals surface area contributed by atoms with E-state index >= 15 is 0 Å². The zero-order chi connectivity index (χ0) is 24.0. The summed E-state index contributed by atoms with van der Waals surface area (Å²) in [5, 5.41) is 12.0. The van der Waals surface area contributed by atoms with Gasteiger partial charge in [0, 0.05) is 6.54 Å². The molecular weight excluding hydrogens is 446 g/mol. The van der Waals surface area contributed by atoms with Crippen LogP contribution in [0.15, 0.2) is 89.8 Å². The number of piperidine rings is 1. The van der Waals surface area contributed by atoms with Crippen molar-refractivity contribution in [3.63, 3.8) is 0 Å². The summed E-state index contributed by atoms with van der Waals surface area (Å²) in [5.41, 5.74) is 1.83. The number of aliphatic hydroxyl groups is 1. The third-order valence-electron chi connectivity index (χ3n) is 6.77. The first kappa shape index (κ1) is 24.6. The Bertz CT molecular complexity index is 1100. The van der Waals surface area contributed by atoms with Crippen LogP contribution in [0.3, 0.4) is 0 Å². The average Bonchev–Trinajstić information content (AvgIpc) is 2.88. The fourth-order valence-corrected chi connectivity index (χ4v) is 5.77. The van der Waals surface area contributed by atoms with E-state index in [2.05, 4.69) is 4.90 Å². The summed E-state index contributed by atoms with van der Waals surface area (Å²) in [6.07, 6.45) is 2.36. The van der Waals surface area contributed by atoms with Crippen LogP contribution in [0.5, 0.6) is 0 Å². The van der Waals surface area contributed by atoms with Crippen molar-refractivity contribution in [1.29, 1.82) is 0 Å². The molecule has 0 unspecified atom stereocenters. The molecule has 1 N–H and O–H groups in total. The van der Waals surface area contributed by atoms with Gasteiger partial charge in [-0.25, -0.2) is 0 Å². The van der Waals surface area contributed by atoms with Gasteiger partial charge in [0.1, 0.15) is 5.60 Å². The van der Waals surface area contributed by atoms with Gasteiger partial charge >= 0.3 is 0 Å². The normalized spacial score (nSPS) is 15.9. The summed E-state index contributed by atoms with van der Waals surface area (Å²) >= 11 is 0. The van der Waals surface area contributed by atoms with Crippen molar-refractivity contribution >= 4 is 10.1 Å². The minimum atomic E-state index is -3.72. The monoisotopic (exact) mass is 479 g/mol. The lowest BCUT2D eigenvalue weighted by Gasteiger charge is -2.42. The molecular formula is C28H33NO4S. The molecule has 5 nitrogen and oxygen atoms in total. The Kier molecular flexibility index (Phi) is 7.84. The van der Waals surface area contributed by atoms with E-state index < -0.39 is 15.7 Å². The van der Waals surface area contributed by atoms with Crippen LogP contribution in [0.2, 0.25) is 0 Å². The molecule has 0 radical (unpaired) electrons. The van der Waals surface area contributed by atoms with Gasteiger partial charge in [0.25, 0.3) is 10.1 Å². The molecule has 0 aromatic heterocycles. The molecule has 180 valence electrons. The standard InChI is InChI=1S/C28H33NO4S/c1-23-13-15-27(16-14-23)34(31,32)33-22-8-19-29-20-17-26(18-21-29)28(30,24-9-4-2-5-10-24)25-11-6-3-7-12-25/h2-7,9-16,26,30H,8,17-22H2,1H3. The average molecular weight is 480 g/mol. The zero-order valence-electron chi connectivity index (χ0n) is 19.6. The van der Waals surface area contributed by atoms with Gasteiger partial charge in [-0.15, -0.1) is 0 Å². The van der Waals surface area contributed by atoms with Crippen LogP contribution < -0.4 is 0 Å². The largest absolute Gasteiger partial charge is 0.380 e. The number of rotatable bonds is 9. The molecule has 6 heteroatoms. The highest BCUT2D eigenvalue weighted by atomic mass is 32.2. The minimum absolute atomic E-state index is 0.103. The molecule has 0 bridgehead atoms. The van der Waals surface area contributed by atoms with Crippen LogP contribution >= 0.6 is 0 Å². The minimum Gasteiger partial charge on any atom is -0.380 e. The van der Waals surface area contributed by atoms with E-state index in [1.54, 1.807) is 24.3 Å². The molecule has 1 saturated heterocycles. The second-order valence-corrected chi connectivity index (χ2v) is 10.7. The number of hydrogen-bond acceptors (Lipinski definition) is 5. The van der Waals surface area contributed by atoms with Gasteiger partial charge < -0.3 is 10.0 Å². The first-order chi connectivity index (χ1) is 16.4. The summed E-state index contributed by atoms with van der Waals surface area (Å²) in [6, 6.07) is 26.6. The number of aryl methyl sites for hydroxylation is 1. The highest BCUT2D eigenvalue weighted by Crippen LogP contribution is 2.41. The molecule has 1 aliphatic rings. The summed E-state index contributed by atoms with van der Waals surface area (Å²) in [5.74, 6) is 0.103. The Labute approximate surface area is 203 Å². The Hall–Kier alpha value is -2.51. The Morgan fingerprint density at radius 2 is 1.41 bits per heavy atom. The molecule has 34 heavy (non-hydrogen) atoms. The molecule has 1 heterocycles. The summed E-state index contributed by atoms with van der Waals surface area (Å²) in [7, 11) is -3.72. The maximum Gasteiger partial charge on any atom is 0.296 e. The smallest absolute Gasteiger partial charge is 0.296 e. The predicted octanol–water partition coefficient (Wildman–Crippen LogP) is 4.74. The van der Waals surface area contributed by atoms with Gasteiger partial charge in [-0.05, 0) is 68.5 Å². The predicted molar refractivity (Wildman–Crippen MR) is 134 cm³/mol. The number of nitrogens with zero attached hydrogens (tertiary/aromatic N) is 1. The zero-order valence-corrected chi connectivity index (χ0v) is 20.5. The van der Waals surface area contributed by atoms with Crippen LogP contribution in [-0.2, 0) is 19.9 Å². The molecule has 3 aromatic rings. The molecule has 0 spiro atoms. The van der Waals surface area contributed by atoms with Crippen molar-refractivity contribution in [2.75, 3.05) is 26.2 Å². The van der Waals surface area contributed by atoms with Gasteiger partial charge in [0.15, 0.2) is 0 Å². The maximum absolute atomic E-state index is 12.4. The van der Waals surface area contributed by atoms with E-state index in [1.807, 2.05) is 67.6 Å². The van der Waals surface area contributed by atoms with Crippen molar-refractivity contribution in [2.45, 2.75) is 36.7 Å². The fraction of sp³-hybridized carbons (Fsp3) is 0.357. The van der Waals surface area contributed by atoms with Gasteiger partial charge in [0.05, 0.1) is 11.5 Å². The summed E-state index contributed by atoms with van der Waals surface area (Å²) in [4.78, 5) is 2.52.